The van der Waals surface area contributed by atoms with Gasteiger partial charge in [0.25, 0.3) is 0 Å². The average Bonchev–Trinajstić information content (AvgIpc) is 3.45. The van der Waals surface area contributed by atoms with E-state index >= 15 is 0 Å². The fraction of sp³-hybridized carbons (Fsp3) is 0. The van der Waals surface area contributed by atoms with E-state index in [1.165, 1.54) is 60.1 Å². The Morgan fingerprint density at radius 3 is 1.94 bits per heavy atom. The maximum atomic E-state index is 4.40. The van der Waals surface area contributed by atoms with E-state index in [0.717, 1.165) is 5.69 Å². The SMILES string of the molecule is c1ccc(-n2c3ccccc3c3cc4ccc5c(c4cc32)c2ccccc2n5-c2cccnc2)cc1. The lowest BCUT2D eigenvalue weighted by Gasteiger charge is -2.09. The predicted molar refractivity (Wildman–Crippen MR) is 150 cm³/mol. The zero-order valence-corrected chi connectivity index (χ0v) is 19.5. The number of para-hydroxylation sites is 3. The number of benzene rings is 5. The van der Waals surface area contributed by atoms with Gasteiger partial charge in [-0.05, 0) is 65.4 Å². The molecule has 0 unspecified atom stereocenters. The number of aromatic nitrogens is 3. The highest BCUT2D eigenvalue weighted by Gasteiger charge is 2.18. The highest BCUT2D eigenvalue weighted by atomic mass is 15.0. The number of pyridine rings is 1. The molecule has 5 aromatic carbocycles. The first-order valence-corrected chi connectivity index (χ1v) is 12.2. The summed E-state index contributed by atoms with van der Waals surface area (Å²) in [4.78, 5) is 4.40. The molecule has 8 rings (SSSR count). The van der Waals surface area contributed by atoms with Gasteiger partial charge in [-0.2, -0.15) is 0 Å². The summed E-state index contributed by atoms with van der Waals surface area (Å²) in [6.45, 7) is 0. The van der Waals surface area contributed by atoms with Crippen LogP contribution < -0.4 is 0 Å². The molecule has 0 fully saturated rings. The third-order valence-electron chi connectivity index (χ3n) is 7.36. The van der Waals surface area contributed by atoms with Gasteiger partial charge >= 0.3 is 0 Å². The molecule has 3 heteroatoms. The number of hydrogen-bond acceptors (Lipinski definition) is 1. The normalized spacial score (nSPS) is 11.9. The lowest BCUT2D eigenvalue weighted by atomic mass is 10.0. The summed E-state index contributed by atoms with van der Waals surface area (Å²) in [5, 5.41) is 7.59. The molecule has 0 saturated heterocycles. The molecule has 0 saturated carbocycles. The van der Waals surface area contributed by atoms with Gasteiger partial charge in [0.1, 0.15) is 0 Å². The van der Waals surface area contributed by atoms with Crippen LogP contribution in [0.4, 0.5) is 0 Å². The molecule has 3 nitrogen and oxygen atoms in total. The topological polar surface area (TPSA) is 22.8 Å². The van der Waals surface area contributed by atoms with Gasteiger partial charge in [-0.3, -0.25) is 4.98 Å². The molecule has 168 valence electrons. The number of rotatable bonds is 2. The van der Waals surface area contributed by atoms with Crippen LogP contribution >= 0.6 is 0 Å². The lowest BCUT2D eigenvalue weighted by molar-refractivity contribution is 1.14. The number of fused-ring (bicyclic) bond motifs is 8. The number of nitrogens with zero attached hydrogens (tertiary/aromatic N) is 3. The van der Waals surface area contributed by atoms with Crippen LogP contribution in [-0.2, 0) is 0 Å². The van der Waals surface area contributed by atoms with Crippen LogP contribution in [0.5, 0.6) is 0 Å². The average molecular weight is 460 g/mol. The molecule has 0 aliphatic rings. The molecule has 36 heavy (non-hydrogen) atoms. The second-order valence-electron chi connectivity index (χ2n) is 9.30. The summed E-state index contributed by atoms with van der Waals surface area (Å²) in [5.74, 6) is 0. The van der Waals surface area contributed by atoms with Gasteiger partial charge in [0.15, 0.2) is 0 Å². The van der Waals surface area contributed by atoms with Crippen LogP contribution in [0.25, 0.3) is 65.8 Å². The Balaban J connectivity index is 1.58. The Bertz CT molecular complexity index is 2080. The first-order chi connectivity index (χ1) is 17.9. The van der Waals surface area contributed by atoms with Gasteiger partial charge < -0.3 is 9.13 Å². The molecule has 8 aromatic rings. The molecule has 3 heterocycles. The maximum absolute atomic E-state index is 4.40. The summed E-state index contributed by atoms with van der Waals surface area (Å²) < 4.78 is 4.72. The largest absolute Gasteiger partial charge is 0.309 e. The lowest BCUT2D eigenvalue weighted by Crippen LogP contribution is -1.94. The fourth-order valence-electron chi connectivity index (χ4n) is 5.87. The maximum Gasteiger partial charge on any atom is 0.0645 e. The summed E-state index contributed by atoms with van der Waals surface area (Å²) in [7, 11) is 0. The second kappa shape index (κ2) is 7.30. The molecule has 0 aliphatic heterocycles. The van der Waals surface area contributed by atoms with E-state index in [9.17, 15) is 0 Å². The Morgan fingerprint density at radius 2 is 1.14 bits per heavy atom. The third-order valence-corrected chi connectivity index (χ3v) is 7.36. The van der Waals surface area contributed by atoms with Crippen molar-refractivity contribution >= 4 is 54.4 Å². The van der Waals surface area contributed by atoms with Crippen molar-refractivity contribution in [2.24, 2.45) is 0 Å². The van der Waals surface area contributed by atoms with Crippen molar-refractivity contribution in [3.63, 3.8) is 0 Å². The molecule has 0 spiro atoms. The molecule has 0 aliphatic carbocycles. The summed E-state index contributed by atoms with van der Waals surface area (Å²) in [6, 6.07) is 41.4. The van der Waals surface area contributed by atoms with Crippen molar-refractivity contribution in [3.8, 4) is 11.4 Å². The Kier molecular flexibility index (Phi) is 3.94. The number of hydrogen-bond donors (Lipinski definition) is 0. The van der Waals surface area contributed by atoms with Crippen LogP contribution in [0.3, 0.4) is 0 Å². The van der Waals surface area contributed by atoms with E-state index in [4.69, 9.17) is 0 Å². The van der Waals surface area contributed by atoms with Crippen molar-refractivity contribution in [3.05, 3.63) is 128 Å². The van der Waals surface area contributed by atoms with Crippen LogP contribution in [0.2, 0.25) is 0 Å². The minimum absolute atomic E-state index is 1.07. The molecular formula is C33H21N3. The highest BCUT2D eigenvalue weighted by Crippen LogP contribution is 2.40. The molecule has 0 radical (unpaired) electrons. The smallest absolute Gasteiger partial charge is 0.0645 e. The van der Waals surface area contributed by atoms with E-state index in [1.807, 2.05) is 18.5 Å². The van der Waals surface area contributed by atoms with Crippen LogP contribution in [0, 0.1) is 0 Å². The van der Waals surface area contributed by atoms with E-state index in [-0.39, 0.29) is 0 Å². The van der Waals surface area contributed by atoms with Crippen LogP contribution in [0.1, 0.15) is 0 Å². The van der Waals surface area contributed by atoms with Crippen molar-refractivity contribution < 1.29 is 0 Å². The molecule has 3 aromatic heterocycles. The minimum atomic E-state index is 1.07. The minimum Gasteiger partial charge on any atom is -0.309 e. The van der Waals surface area contributed by atoms with Crippen LogP contribution in [0.15, 0.2) is 128 Å². The molecular weight excluding hydrogens is 438 g/mol. The first kappa shape index (κ1) is 19.4. The molecule has 0 N–H and O–H groups in total. The van der Waals surface area contributed by atoms with Crippen molar-refractivity contribution in [2.45, 2.75) is 0 Å². The van der Waals surface area contributed by atoms with Crippen molar-refractivity contribution in [1.82, 2.24) is 14.1 Å². The third kappa shape index (κ3) is 2.60. The van der Waals surface area contributed by atoms with Crippen molar-refractivity contribution in [2.75, 3.05) is 0 Å². The predicted octanol–water partition coefficient (Wildman–Crippen LogP) is 8.43. The van der Waals surface area contributed by atoms with Crippen LogP contribution in [-0.4, -0.2) is 14.1 Å². The van der Waals surface area contributed by atoms with Gasteiger partial charge in [0.2, 0.25) is 0 Å². The molecule has 0 amide bonds. The summed E-state index contributed by atoms with van der Waals surface area (Å²) in [5.41, 5.74) is 7.08. The Morgan fingerprint density at radius 1 is 0.444 bits per heavy atom. The van der Waals surface area contributed by atoms with Crippen molar-refractivity contribution in [1.29, 1.82) is 0 Å². The highest BCUT2D eigenvalue weighted by molar-refractivity contribution is 6.24. The van der Waals surface area contributed by atoms with E-state index in [0.29, 0.717) is 0 Å². The van der Waals surface area contributed by atoms with Gasteiger partial charge in [0.05, 0.1) is 34.0 Å². The first-order valence-electron chi connectivity index (χ1n) is 12.2. The van der Waals surface area contributed by atoms with Gasteiger partial charge in [-0.1, -0.05) is 60.7 Å². The molecule has 0 atom stereocenters. The van der Waals surface area contributed by atoms with Gasteiger partial charge in [0, 0.05) is 33.4 Å². The standard InChI is InChI=1S/C33H21N3/c1-2-9-23(10-3-1)35-29-14-6-4-12-25(29)28-19-22-16-17-31-33(27(22)20-32(28)35)26-13-5-7-15-30(26)36(31)24-11-8-18-34-21-24/h1-21H. The second-order valence-corrected chi connectivity index (χ2v) is 9.30. The zero-order valence-electron chi connectivity index (χ0n) is 19.5. The summed E-state index contributed by atoms with van der Waals surface area (Å²) >= 11 is 0. The summed E-state index contributed by atoms with van der Waals surface area (Å²) in [6.07, 6.45) is 3.76. The monoisotopic (exact) mass is 459 g/mol. The Labute approximate surface area is 207 Å². The van der Waals surface area contributed by atoms with Gasteiger partial charge in [-0.25, -0.2) is 0 Å². The quantitative estimate of drug-likeness (QED) is 0.254. The van der Waals surface area contributed by atoms with Gasteiger partial charge in [-0.15, -0.1) is 0 Å². The van der Waals surface area contributed by atoms with E-state index in [2.05, 4.69) is 123 Å². The van der Waals surface area contributed by atoms with E-state index < -0.39 is 0 Å². The zero-order chi connectivity index (χ0) is 23.6. The Hall–Kier alpha value is -4.89. The van der Waals surface area contributed by atoms with E-state index in [1.54, 1.807) is 0 Å². The molecule has 0 bridgehead atoms. The fourth-order valence-corrected chi connectivity index (χ4v) is 5.87.